The molecule has 0 amide bonds. The molecule has 1 aromatic rings. The van der Waals surface area contributed by atoms with E-state index in [9.17, 15) is 5.11 Å². The van der Waals surface area contributed by atoms with E-state index in [0.717, 1.165) is 43.4 Å². The molecule has 4 nitrogen and oxygen atoms in total. The van der Waals surface area contributed by atoms with Gasteiger partial charge >= 0.3 is 0 Å². The summed E-state index contributed by atoms with van der Waals surface area (Å²) < 4.78 is 5.32. The molecule has 1 atom stereocenters. The van der Waals surface area contributed by atoms with Crippen molar-refractivity contribution >= 4 is 11.6 Å². The second-order valence-electron chi connectivity index (χ2n) is 6.07. The van der Waals surface area contributed by atoms with Crippen LogP contribution in [0.3, 0.4) is 0 Å². The third-order valence-corrected chi connectivity index (χ3v) is 4.15. The number of β-amino-alcohol motifs (C(OH)–C–C–N with tert-alkyl or cyclic N) is 1. The molecule has 0 bridgehead atoms. The summed E-state index contributed by atoms with van der Waals surface area (Å²) in [5, 5.41) is 14.6. The van der Waals surface area contributed by atoms with Crippen LogP contribution >= 0.6 is 11.6 Å². The lowest BCUT2D eigenvalue weighted by Crippen LogP contribution is -2.50. The Labute approximate surface area is 132 Å². The third kappa shape index (κ3) is 5.57. The van der Waals surface area contributed by atoms with E-state index >= 15 is 0 Å². The van der Waals surface area contributed by atoms with Crippen molar-refractivity contribution in [3.63, 3.8) is 0 Å². The maximum atomic E-state index is 10.5. The first-order chi connectivity index (χ1) is 9.96. The summed E-state index contributed by atoms with van der Waals surface area (Å²) in [7, 11) is 0. The van der Waals surface area contributed by atoms with E-state index in [1.54, 1.807) is 0 Å². The van der Waals surface area contributed by atoms with Crippen molar-refractivity contribution in [2.75, 3.05) is 39.4 Å². The molecule has 0 aromatic heterocycles. The summed E-state index contributed by atoms with van der Waals surface area (Å²) in [6.45, 7) is 9.15. The third-order valence-electron chi connectivity index (χ3n) is 3.73. The monoisotopic (exact) mass is 312 g/mol. The van der Waals surface area contributed by atoms with E-state index in [1.807, 2.05) is 26.0 Å². The van der Waals surface area contributed by atoms with Crippen molar-refractivity contribution in [2.45, 2.75) is 26.0 Å². The highest BCUT2D eigenvalue weighted by Gasteiger charge is 2.24. The van der Waals surface area contributed by atoms with Gasteiger partial charge in [0.1, 0.15) is 0 Å². The number of rotatable bonds is 6. The lowest BCUT2D eigenvalue weighted by molar-refractivity contribution is -0.0219. The van der Waals surface area contributed by atoms with E-state index in [-0.39, 0.29) is 0 Å². The summed E-state index contributed by atoms with van der Waals surface area (Å²) in [5.41, 5.74) is 1.52. The molecule has 0 radical (unpaired) electrons. The average molecular weight is 313 g/mol. The minimum atomic E-state index is -0.737. The summed E-state index contributed by atoms with van der Waals surface area (Å²) in [5.74, 6) is 0. The number of morpholine rings is 1. The first-order valence-corrected chi connectivity index (χ1v) is 7.82. The van der Waals surface area contributed by atoms with Gasteiger partial charge in [-0.1, -0.05) is 23.7 Å². The Balaban J connectivity index is 1.76. The molecule has 2 N–H and O–H groups in total. The van der Waals surface area contributed by atoms with E-state index in [2.05, 4.69) is 16.3 Å². The Morgan fingerprint density at radius 3 is 2.76 bits per heavy atom. The van der Waals surface area contributed by atoms with Gasteiger partial charge in [0.15, 0.2) is 0 Å². The van der Waals surface area contributed by atoms with Gasteiger partial charge in [-0.05, 0) is 31.0 Å². The fourth-order valence-corrected chi connectivity index (χ4v) is 2.71. The Bertz CT molecular complexity index is 460. The van der Waals surface area contributed by atoms with Gasteiger partial charge in [-0.2, -0.15) is 0 Å². The van der Waals surface area contributed by atoms with Gasteiger partial charge in [0.05, 0.1) is 18.8 Å². The van der Waals surface area contributed by atoms with E-state index < -0.39 is 5.60 Å². The molecule has 2 rings (SSSR count). The van der Waals surface area contributed by atoms with Crippen LogP contribution in [0, 0.1) is 6.92 Å². The number of hydrogen-bond acceptors (Lipinski definition) is 4. The Morgan fingerprint density at radius 1 is 1.38 bits per heavy atom. The Kier molecular flexibility index (Phi) is 6.02. The maximum absolute atomic E-state index is 10.5. The molecule has 1 aliphatic heterocycles. The second-order valence-corrected chi connectivity index (χ2v) is 6.48. The van der Waals surface area contributed by atoms with Crippen LogP contribution < -0.4 is 5.32 Å². The van der Waals surface area contributed by atoms with Crippen LogP contribution in [-0.2, 0) is 11.3 Å². The number of ether oxygens (including phenoxy) is 1. The minimum Gasteiger partial charge on any atom is -0.388 e. The van der Waals surface area contributed by atoms with Crippen molar-refractivity contribution in [1.29, 1.82) is 0 Å². The molecule has 1 aromatic carbocycles. The fourth-order valence-electron chi connectivity index (χ4n) is 2.59. The van der Waals surface area contributed by atoms with Crippen LogP contribution in [0.1, 0.15) is 18.1 Å². The first-order valence-electron chi connectivity index (χ1n) is 7.44. The molecule has 21 heavy (non-hydrogen) atoms. The molecule has 0 unspecified atom stereocenters. The second kappa shape index (κ2) is 7.56. The highest BCUT2D eigenvalue weighted by molar-refractivity contribution is 6.31. The topological polar surface area (TPSA) is 44.7 Å². The lowest BCUT2D eigenvalue weighted by Gasteiger charge is -2.34. The number of aliphatic hydroxyl groups is 1. The maximum Gasteiger partial charge on any atom is 0.0869 e. The molecule has 0 saturated carbocycles. The fraction of sp³-hybridized carbons (Fsp3) is 0.625. The van der Waals surface area contributed by atoms with E-state index in [4.69, 9.17) is 16.3 Å². The summed E-state index contributed by atoms with van der Waals surface area (Å²) in [6, 6.07) is 6.00. The quantitative estimate of drug-likeness (QED) is 0.841. The smallest absolute Gasteiger partial charge is 0.0869 e. The van der Waals surface area contributed by atoms with Gasteiger partial charge in [-0.15, -0.1) is 0 Å². The number of halogens is 1. The number of aryl methyl sites for hydroxylation is 1. The van der Waals surface area contributed by atoms with Crippen LogP contribution in [0.15, 0.2) is 18.2 Å². The zero-order valence-corrected chi connectivity index (χ0v) is 13.6. The zero-order chi connectivity index (χ0) is 15.3. The molecule has 1 heterocycles. The van der Waals surface area contributed by atoms with Gasteiger partial charge < -0.3 is 15.2 Å². The van der Waals surface area contributed by atoms with Crippen molar-refractivity contribution in [1.82, 2.24) is 10.2 Å². The molecular formula is C16H25ClN2O2. The molecule has 5 heteroatoms. The molecule has 1 fully saturated rings. The lowest BCUT2D eigenvalue weighted by atomic mass is 10.1. The summed E-state index contributed by atoms with van der Waals surface area (Å²) in [6.07, 6.45) is 0. The number of nitrogens with one attached hydrogen (secondary N) is 1. The van der Waals surface area contributed by atoms with Crippen LogP contribution in [0.2, 0.25) is 5.02 Å². The normalized spacial score (nSPS) is 19.4. The summed E-state index contributed by atoms with van der Waals surface area (Å²) >= 11 is 6.02. The molecule has 1 saturated heterocycles. The van der Waals surface area contributed by atoms with Crippen LogP contribution in [0.4, 0.5) is 0 Å². The molecular weight excluding hydrogens is 288 g/mol. The van der Waals surface area contributed by atoms with Crippen molar-refractivity contribution in [2.24, 2.45) is 0 Å². The number of nitrogens with zero attached hydrogens (tertiary/aromatic N) is 1. The minimum absolute atomic E-state index is 0.562. The van der Waals surface area contributed by atoms with Gasteiger partial charge in [-0.25, -0.2) is 0 Å². The predicted octanol–water partition coefficient (Wildman–Crippen LogP) is 1.82. The molecule has 118 valence electrons. The van der Waals surface area contributed by atoms with Crippen LogP contribution in [0.5, 0.6) is 0 Å². The van der Waals surface area contributed by atoms with Crippen molar-refractivity contribution in [3.05, 3.63) is 34.3 Å². The summed E-state index contributed by atoms with van der Waals surface area (Å²) in [4.78, 5) is 2.25. The Morgan fingerprint density at radius 2 is 2.10 bits per heavy atom. The molecule has 0 spiro atoms. The van der Waals surface area contributed by atoms with Crippen molar-refractivity contribution < 1.29 is 9.84 Å². The molecule has 1 aliphatic rings. The first kappa shape index (κ1) is 16.7. The largest absolute Gasteiger partial charge is 0.388 e. The van der Waals surface area contributed by atoms with Crippen LogP contribution in [-0.4, -0.2) is 55.0 Å². The van der Waals surface area contributed by atoms with Gasteiger partial charge in [0.2, 0.25) is 0 Å². The number of hydrogen-bond donors (Lipinski definition) is 2. The van der Waals surface area contributed by atoms with E-state index in [0.29, 0.717) is 13.1 Å². The van der Waals surface area contributed by atoms with Gasteiger partial charge in [0, 0.05) is 37.7 Å². The van der Waals surface area contributed by atoms with Crippen molar-refractivity contribution in [3.8, 4) is 0 Å². The molecule has 0 aliphatic carbocycles. The van der Waals surface area contributed by atoms with Gasteiger partial charge in [-0.3, -0.25) is 4.90 Å². The zero-order valence-electron chi connectivity index (χ0n) is 12.9. The highest BCUT2D eigenvalue weighted by Crippen LogP contribution is 2.16. The van der Waals surface area contributed by atoms with Gasteiger partial charge in [0.25, 0.3) is 0 Å². The Hall–Kier alpha value is -0.650. The number of benzene rings is 1. The van der Waals surface area contributed by atoms with Crippen LogP contribution in [0.25, 0.3) is 0 Å². The standard InChI is InChI=1S/C16H25ClN2O2/c1-13-9-14(3-4-15(13)17)10-18-11-16(2,20)12-19-5-7-21-8-6-19/h3-4,9,18,20H,5-8,10-12H2,1-2H3/t16-/m0/s1. The predicted molar refractivity (Wildman–Crippen MR) is 85.8 cm³/mol. The highest BCUT2D eigenvalue weighted by atomic mass is 35.5. The average Bonchev–Trinajstić information content (AvgIpc) is 2.43. The SMILES string of the molecule is Cc1cc(CNC[C@](C)(O)CN2CCOCC2)ccc1Cl. The van der Waals surface area contributed by atoms with E-state index in [1.165, 1.54) is 5.56 Å².